The maximum Gasteiger partial charge on any atom is 0.0630 e. The third-order valence-corrected chi connectivity index (χ3v) is 7.55. The molecule has 6 aromatic rings. The molecule has 6 rings (SSSR count). The number of rotatable bonds is 4. The van der Waals surface area contributed by atoms with Crippen LogP contribution in [-0.2, 0) is 5.75 Å². The third-order valence-electron chi connectivity index (χ3n) is 6.27. The summed E-state index contributed by atoms with van der Waals surface area (Å²) in [6.45, 7) is 12.3. The van der Waals surface area contributed by atoms with Crippen molar-refractivity contribution in [2.75, 3.05) is 0 Å². The zero-order chi connectivity index (χ0) is 25.5. The first kappa shape index (κ1) is 25.3. The van der Waals surface area contributed by atoms with Gasteiger partial charge in [0.15, 0.2) is 0 Å². The van der Waals surface area contributed by atoms with Crippen LogP contribution >= 0.6 is 11.8 Å². The molecule has 0 N–H and O–H groups in total. The van der Waals surface area contributed by atoms with Gasteiger partial charge in [-0.05, 0) is 41.6 Å². The van der Waals surface area contributed by atoms with E-state index in [0.717, 1.165) is 5.75 Å². The minimum atomic E-state index is 0.958. The van der Waals surface area contributed by atoms with Gasteiger partial charge in [0.2, 0.25) is 0 Å². The Morgan fingerprint density at radius 3 is 1.83 bits per heavy atom. The number of thioether (sulfide) groups is 1. The van der Waals surface area contributed by atoms with Crippen LogP contribution in [0.25, 0.3) is 38.3 Å². The number of para-hydroxylation sites is 2. The maximum absolute atomic E-state index is 3.00. The largest absolute Gasteiger partial charge is 0.309 e. The molecule has 0 saturated heterocycles. The summed E-state index contributed by atoms with van der Waals surface area (Å²) in [6, 6.07) is 39.2. The molecule has 0 spiro atoms. The van der Waals surface area contributed by atoms with E-state index in [1.54, 1.807) is 0 Å². The predicted molar refractivity (Wildman–Crippen MR) is 162 cm³/mol. The van der Waals surface area contributed by atoms with Crippen molar-refractivity contribution in [1.82, 2.24) is 4.57 Å². The highest BCUT2D eigenvalue weighted by Gasteiger charge is 2.20. The standard InChI is InChI=1S/C30H23NS.C2H6.C2H4/c1-21-24-16-8-9-17-25(24)29-28(30(21)32-20-22-12-4-2-5-13-22)26-18-10-11-19-27(26)31(29)23-14-6-3-7-15-23;2*1-2/h2-19H,20H2,1H3;1-2H3;1-2H2. The zero-order valence-electron chi connectivity index (χ0n) is 21.4. The Labute approximate surface area is 219 Å². The number of fused-ring (bicyclic) bond motifs is 5. The molecule has 36 heavy (non-hydrogen) atoms. The highest BCUT2D eigenvalue weighted by molar-refractivity contribution is 7.98. The Morgan fingerprint density at radius 2 is 1.17 bits per heavy atom. The van der Waals surface area contributed by atoms with Crippen LogP contribution in [0.15, 0.2) is 127 Å². The number of aromatic nitrogens is 1. The summed E-state index contributed by atoms with van der Waals surface area (Å²) in [4.78, 5) is 1.38. The first-order valence-electron chi connectivity index (χ1n) is 12.5. The summed E-state index contributed by atoms with van der Waals surface area (Å²) >= 11 is 1.95. The van der Waals surface area contributed by atoms with Crippen LogP contribution < -0.4 is 0 Å². The summed E-state index contributed by atoms with van der Waals surface area (Å²) in [5, 5.41) is 5.32. The molecule has 0 aliphatic carbocycles. The average Bonchev–Trinajstić information content (AvgIpc) is 3.31. The van der Waals surface area contributed by atoms with Gasteiger partial charge in [-0.1, -0.05) is 105 Å². The molecule has 0 radical (unpaired) electrons. The molecule has 0 atom stereocenters. The number of hydrogen-bond acceptors (Lipinski definition) is 1. The SMILES string of the molecule is C=C.CC.Cc1c(SCc2ccccc2)c2c3ccccc3n(-c3ccccc3)c2c2ccccc12. The summed E-state index contributed by atoms with van der Waals surface area (Å²) in [5.41, 5.74) is 6.47. The maximum atomic E-state index is 3.00. The van der Waals surface area contributed by atoms with Gasteiger partial charge in [0.05, 0.1) is 11.0 Å². The molecule has 0 aliphatic rings. The molecule has 1 nitrogen and oxygen atoms in total. The van der Waals surface area contributed by atoms with Gasteiger partial charge in [0, 0.05) is 32.5 Å². The van der Waals surface area contributed by atoms with Crippen molar-refractivity contribution >= 4 is 44.3 Å². The van der Waals surface area contributed by atoms with Crippen LogP contribution in [0.3, 0.4) is 0 Å². The van der Waals surface area contributed by atoms with Crippen LogP contribution in [0.5, 0.6) is 0 Å². The van der Waals surface area contributed by atoms with Gasteiger partial charge >= 0.3 is 0 Å². The van der Waals surface area contributed by atoms with Gasteiger partial charge < -0.3 is 4.57 Å². The molecule has 5 aromatic carbocycles. The Morgan fingerprint density at radius 1 is 0.639 bits per heavy atom. The van der Waals surface area contributed by atoms with Gasteiger partial charge in [-0.2, -0.15) is 0 Å². The van der Waals surface area contributed by atoms with Crippen LogP contribution in [0.4, 0.5) is 0 Å². The van der Waals surface area contributed by atoms with E-state index in [1.165, 1.54) is 54.3 Å². The van der Waals surface area contributed by atoms with E-state index in [2.05, 4.69) is 134 Å². The molecule has 0 saturated carbocycles. The smallest absolute Gasteiger partial charge is 0.0630 e. The van der Waals surface area contributed by atoms with Crippen molar-refractivity contribution in [3.8, 4) is 5.69 Å². The fraction of sp³-hybridized carbons (Fsp3) is 0.118. The van der Waals surface area contributed by atoms with Crippen LogP contribution in [0.2, 0.25) is 0 Å². The lowest BCUT2D eigenvalue weighted by molar-refractivity contribution is 1.18. The van der Waals surface area contributed by atoms with Gasteiger partial charge in [-0.3, -0.25) is 0 Å². The summed E-state index contributed by atoms with van der Waals surface area (Å²) in [6.07, 6.45) is 0. The van der Waals surface area contributed by atoms with Crippen LogP contribution in [-0.4, -0.2) is 4.57 Å². The average molecular weight is 488 g/mol. The summed E-state index contributed by atoms with van der Waals surface area (Å²) < 4.78 is 2.44. The molecule has 1 heterocycles. The summed E-state index contributed by atoms with van der Waals surface area (Å²) in [5.74, 6) is 0.958. The highest BCUT2D eigenvalue weighted by atomic mass is 32.2. The van der Waals surface area contributed by atoms with Crippen LogP contribution in [0.1, 0.15) is 25.0 Å². The van der Waals surface area contributed by atoms with Crippen molar-refractivity contribution in [3.63, 3.8) is 0 Å². The second-order valence-electron chi connectivity index (χ2n) is 8.19. The molecule has 180 valence electrons. The molecule has 0 amide bonds. The molecular weight excluding hydrogens is 454 g/mol. The van der Waals surface area contributed by atoms with E-state index in [9.17, 15) is 0 Å². The van der Waals surface area contributed by atoms with Gasteiger partial charge in [0.1, 0.15) is 0 Å². The van der Waals surface area contributed by atoms with E-state index in [4.69, 9.17) is 0 Å². The first-order chi connectivity index (χ1) is 17.8. The quantitative estimate of drug-likeness (QED) is 0.177. The molecule has 2 heteroatoms. The molecule has 0 aliphatic heterocycles. The van der Waals surface area contributed by atoms with Crippen molar-refractivity contribution in [2.24, 2.45) is 0 Å². The number of nitrogens with zero attached hydrogens (tertiary/aromatic N) is 1. The Hall–Kier alpha value is -3.75. The zero-order valence-corrected chi connectivity index (χ0v) is 22.2. The predicted octanol–water partition coefficient (Wildman–Crippen LogP) is 10.4. The normalized spacial score (nSPS) is 10.5. The Bertz CT molecular complexity index is 1580. The highest BCUT2D eigenvalue weighted by Crippen LogP contribution is 2.45. The fourth-order valence-corrected chi connectivity index (χ4v) is 5.99. The molecule has 0 bridgehead atoms. The Balaban J connectivity index is 0.000000726. The fourth-order valence-electron chi connectivity index (χ4n) is 4.81. The monoisotopic (exact) mass is 487 g/mol. The number of hydrogen-bond donors (Lipinski definition) is 0. The third kappa shape index (κ3) is 4.57. The van der Waals surface area contributed by atoms with Crippen molar-refractivity contribution in [3.05, 3.63) is 133 Å². The minimum absolute atomic E-state index is 0.958. The van der Waals surface area contributed by atoms with Crippen molar-refractivity contribution < 1.29 is 0 Å². The van der Waals surface area contributed by atoms with E-state index < -0.39 is 0 Å². The van der Waals surface area contributed by atoms with E-state index in [0.29, 0.717) is 0 Å². The summed E-state index contributed by atoms with van der Waals surface area (Å²) in [7, 11) is 0. The molecule has 0 unspecified atom stereocenters. The van der Waals surface area contributed by atoms with Crippen molar-refractivity contribution in [1.29, 1.82) is 0 Å². The van der Waals surface area contributed by atoms with Gasteiger partial charge in [-0.25, -0.2) is 0 Å². The Kier molecular flexibility index (Phi) is 8.30. The lowest BCUT2D eigenvalue weighted by Crippen LogP contribution is -1.95. The minimum Gasteiger partial charge on any atom is -0.309 e. The molecule has 1 aromatic heterocycles. The first-order valence-corrected chi connectivity index (χ1v) is 13.5. The second-order valence-corrected chi connectivity index (χ2v) is 9.17. The van der Waals surface area contributed by atoms with E-state index in [-0.39, 0.29) is 0 Å². The lowest BCUT2D eigenvalue weighted by atomic mass is 10.0. The van der Waals surface area contributed by atoms with Crippen LogP contribution in [0, 0.1) is 6.92 Å². The number of aryl methyl sites for hydroxylation is 1. The topological polar surface area (TPSA) is 4.93 Å². The van der Waals surface area contributed by atoms with Gasteiger partial charge in [-0.15, -0.1) is 24.9 Å². The van der Waals surface area contributed by atoms with E-state index >= 15 is 0 Å². The van der Waals surface area contributed by atoms with Gasteiger partial charge in [0.25, 0.3) is 0 Å². The lowest BCUT2D eigenvalue weighted by Gasteiger charge is -2.15. The number of benzene rings is 5. The molecular formula is C34H33NS. The second kappa shape index (κ2) is 11.8. The van der Waals surface area contributed by atoms with Crippen molar-refractivity contribution in [2.45, 2.75) is 31.4 Å². The van der Waals surface area contributed by atoms with E-state index in [1.807, 2.05) is 25.6 Å². The molecule has 0 fully saturated rings.